The topological polar surface area (TPSA) is 165 Å². The summed E-state index contributed by atoms with van der Waals surface area (Å²) < 4.78 is 5.25. The number of ether oxygens (including phenoxy) is 1. The van der Waals surface area contributed by atoms with E-state index in [9.17, 15) is 19.2 Å². The fourth-order valence-electron chi connectivity index (χ4n) is 4.70. The summed E-state index contributed by atoms with van der Waals surface area (Å²) in [6.45, 7) is 6.76. The van der Waals surface area contributed by atoms with Gasteiger partial charge in [-0.1, -0.05) is 36.8 Å². The van der Waals surface area contributed by atoms with Gasteiger partial charge in [0, 0.05) is 63.6 Å². The number of nitrogens with zero attached hydrogens (tertiary/aromatic N) is 2. The Hall–Kier alpha value is -4.48. The summed E-state index contributed by atoms with van der Waals surface area (Å²) in [6, 6.07) is 15.7. The second-order valence-corrected chi connectivity index (χ2v) is 10.1. The first-order valence-corrected chi connectivity index (χ1v) is 14.0. The van der Waals surface area contributed by atoms with E-state index < -0.39 is 23.9 Å². The van der Waals surface area contributed by atoms with Crippen LogP contribution < -0.4 is 4.74 Å². The van der Waals surface area contributed by atoms with Crippen molar-refractivity contribution < 1.29 is 44.3 Å². The van der Waals surface area contributed by atoms with Gasteiger partial charge in [-0.15, -0.1) is 0 Å². The summed E-state index contributed by atoms with van der Waals surface area (Å²) in [6.07, 6.45) is 8.90. The highest BCUT2D eigenvalue weighted by atomic mass is 16.5. The Kier molecular flexibility index (Phi) is 15.2. The van der Waals surface area contributed by atoms with Crippen LogP contribution in [0.1, 0.15) is 41.5 Å². The van der Waals surface area contributed by atoms with Crippen LogP contribution in [0.4, 0.5) is 0 Å². The molecule has 2 aromatic carbocycles. The third kappa shape index (κ3) is 14.8. The van der Waals surface area contributed by atoms with E-state index >= 15 is 0 Å². The minimum absolute atomic E-state index is 0.558. The highest BCUT2D eigenvalue weighted by Crippen LogP contribution is 2.23. The van der Waals surface area contributed by atoms with E-state index in [1.165, 1.54) is 43.2 Å². The number of carboxylic acids is 4. The van der Waals surface area contributed by atoms with Gasteiger partial charge in [0.05, 0.1) is 7.11 Å². The molecule has 0 unspecified atom stereocenters. The lowest BCUT2D eigenvalue weighted by molar-refractivity contribution is -0.134. The van der Waals surface area contributed by atoms with Gasteiger partial charge in [0.25, 0.3) is 0 Å². The summed E-state index contributed by atoms with van der Waals surface area (Å²) in [4.78, 5) is 43.4. The predicted molar refractivity (Wildman–Crippen MR) is 160 cm³/mol. The lowest BCUT2D eigenvalue weighted by Gasteiger charge is -2.34. The van der Waals surface area contributed by atoms with E-state index in [1.807, 2.05) is 0 Å². The number of aliphatic carboxylic acids is 4. The first kappa shape index (κ1) is 34.7. The Morgan fingerprint density at radius 1 is 0.628 bits per heavy atom. The Bertz CT molecular complexity index is 1200. The molecule has 2 aromatic rings. The molecule has 0 saturated carbocycles. The third-order valence-corrected chi connectivity index (χ3v) is 6.84. The molecule has 11 heteroatoms. The third-order valence-electron chi connectivity index (χ3n) is 6.84. The van der Waals surface area contributed by atoms with Crippen molar-refractivity contribution in [2.45, 2.75) is 45.2 Å². The van der Waals surface area contributed by atoms with Crippen molar-refractivity contribution in [3.05, 3.63) is 89.0 Å². The van der Waals surface area contributed by atoms with Gasteiger partial charge in [-0.25, -0.2) is 19.2 Å². The fourth-order valence-corrected chi connectivity index (χ4v) is 4.70. The largest absolute Gasteiger partial charge is 0.497 e. The lowest BCUT2D eigenvalue weighted by atomic mass is 10.00. The Labute approximate surface area is 251 Å². The van der Waals surface area contributed by atoms with Crippen LogP contribution in [0.3, 0.4) is 0 Å². The smallest absolute Gasteiger partial charge is 0.328 e. The molecule has 0 amide bonds. The maximum atomic E-state index is 9.55. The maximum absolute atomic E-state index is 9.55. The second kappa shape index (κ2) is 18.9. The number of carboxylic acid groups (broad SMARTS) is 4. The summed E-state index contributed by atoms with van der Waals surface area (Å²) in [5.41, 5.74) is 6.08. The number of piperazine rings is 1. The Morgan fingerprint density at radius 2 is 1.05 bits per heavy atom. The monoisotopic (exact) mass is 596 g/mol. The highest BCUT2D eigenvalue weighted by molar-refractivity contribution is 5.90. The van der Waals surface area contributed by atoms with Crippen molar-refractivity contribution in [3.63, 3.8) is 0 Å². The molecule has 1 aliphatic heterocycles. The molecule has 0 radical (unpaired) electrons. The second-order valence-electron chi connectivity index (χ2n) is 10.1. The molecule has 1 saturated heterocycles. The molecular weight excluding hydrogens is 556 g/mol. The highest BCUT2D eigenvalue weighted by Gasteiger charge is 2.18. The van der Waals surface area contributed by atoms with Crippen molar-refractivity contribution in [2.24, 2.45) is 0 Å². The van der Waals surface area contributed by atoms with E-state index in [0.717, 1.165) is 45.0 Å². The molecule has 1 fully saturated rings. The molecule has 0 spiro atoms. The van der Waals surface area contributed by atoms with Gasteiger partial charge in [-0.3, -0.25) is 9.80 Å². The van der Waals surface area contributed by atoms with Crippen molar-refractivity contribution >= 4 is 23.9 Å². The summed E-state index contributed by atoms with van der Waals surface area (Å²) in [7, 11) is 1.72. The fraction of sp³-hybridized carbons (Fsp3) is 0.375. The predicted octanol–water partition coefficient (Wildman–Crippen LogP) is 3.71. The standard InChI is InChI=1S/C24H32N2O.2C4H4O4/c1-27-24-11-8-20(9-12-24)18-25-13-15-26(16-14-25)19-21-7-10-22-5-3-2-4-6-23(22)17-21;2*5-3(6)1-2-4(7)8/h7-12,17H,2-6,13-16,18-19H2,1H3;2*1-2H,(H,5,6)(H,7,8)/b;2*2-1+. The van der Waals surface area contributed by atoms with Crippen LogP contribution in [0.2, 0.25) is 0 Å². The van der Waals surface area contributed by atoms with Gasteiger partial charge in [-0.05, 0) is 60.1 Å². The normalized spacial score (nSPS) is 15.3. The van der Waals surface area contributed by atoms with E-state index in [-0.39, 0.29) is 0 Å². The van der Waals surface area contributed by atoms with Crippen molar-refractivity contribution in [3.8, 4) is 5.75 Å². The Morgan fingerprint density at radius 3 is 1.49 bits per heavy atom. The minimum atomic E-state index is -1.26. The van der Waals surface area contributed by atoms with E-state index in [1.54, 1.807) is 18.2 Å². The van der Waals surface area contributed by atoms with Gasteiger partial charge >= 0.3 is 23.9 Å². The summed E-state index contributed by atoms with van der Waals surface area (Å²) in [5, 5.41) is 31.2. The SMILES string of the molecule is COc1ccc(CN2CCN(Cc3ccc4c(c3)CCCCC4)CC2)cc1.O=C(O)/C=C/C(=O)O.O=C(O)/C=C/C(=O)O. The molecule has 2 aliphatic rings. The molecule has 232 valence electrons. The van der Waals surface area contributed by atoms with Gasteiger partial charge in [0.2, 0.25) is 0 Å². The number of methoxy groups -OCH3 is 1. The molecule has 43 heavy (non-hydrogen) atoms. The number of aryl methyl sites for hydroxylation is 2. The summed E-state index contributed by atoms with van der Waals surface area (Å²) in [5.74, 6) is -4.09. The molecule has 4 rings (SSSR count). The molecule has 0 bridgehead atoms. The van der Waals surface area contributed by atoms with Crippen LogP contribution in [-0.2, 0) is 45.1 Å². The van der Waals surface area contributed by atoms with Crippen molar-refractivity contribution in [2.75, 3.05) is 33.3 Å². The van der Waals surface area contributed by atoms with Gasteiger partial charge < -0.3 is 25.2 Å². The number of carbonyl (C=O) groups is 4. The van der Waals surface area contributed by atoms with Crippen LogP contribution in [0, 0.1) is 0 Å². The zero-order valence-corrected chi connectivity index (χ0v) is 24.4. The average Bonchev–Trinajstić information content (AvgIpc) is 3.22. The zero-order chi connectivity index (χ0) is 31.6. The first-order chi connectivity index (χ1) is 20.5. The Balaban J connectivity index is 0.000000334. The molecule has 4 N–H and O–H groups in total. The number of rotatable bonds is 9. The lowest BCUT2D eigenvalue weighted by Crippen LogP contribution is -2.45. The summed E-state index contributed by atoms with van der Waals surface area (Å²) >= 11 is 0. The van der Waals surface area contributed by atoms with E-state index in [4.69, 9.17) is 25.2 Å². The van der Waals surface area contributed by atoms with E-state index in [2.05, 4.69) is 52.3 Å². The van der Waals surface area contributed by atoms with Crippen LogP contribution in [-0.4, -0.2) is 87.4 Å². The van der Waals surface area contributed by atoms with Gasteiger partial charge in [0.15, 0.2) is 0 Å². The zero-order valence-electron chi connectivity index (χ0n) is 24.4. The molecule has 1 heterocycles. The number of fused-ring (bicyclic) bond motifs is 1. The van der Waals surface area contributed by atoms with Crippen LogP contribution >= 0.6 is 0 Å². The molecule has 0 aromatic heterocycles. The van der Waals surface area contributed by atoms with Crippen LogP contribution in [0.25, 0.3) is 0 Å². The first-order valence-electron chi connectivity index (χ1n) is 14.0. The van der Waals surface area contributed by atoms with Gasteiger partial charge in [-0.2, -0.15) is 0 Å². The molecule has 11 nitrogen and oxygen atoms in total. The molecule has 0 atom stereocenters. The quantitative estimate of drug-likeness (QED) is 0.246. The number of hydrogen-bond donors (Lipinski definition) is 4. The van der Waals surface area contributed by atoms with E-state index in [0.29, 0.717) is 24.3 Å². The average molecular weight is 597 g/mol. The van der Waals surface area contributed by atoms with Crippen LogP contribution in [0.5, 0.6) is 5.75 Å². The maximum Gasteiger partial charge on any atom is 0.328 e. The van der Waals surface area contributed by atoms with Crippen molar-refractivity contribution in [1.29, 1.82) is 0 Å². The minimum Gasteiger partial charge on any atom is -0.497 e. The number of hydrogen-bond acceptors (Lipinski definition) is 7. The number of benzene rings is 2. The van der Waals surface area contributed by atoms with Crippen molar-refractivity contribution in [1.82, 2.24) is 9.80 Å². The molecular formula is C32H40N2O9. The van der Waals surface area contributed by atoms with Gasteiger partial charge in [0.1, 0.15) is 5.75 Å². The van der Waals surface area contributed by atoms with Crippen LogP contribution in [0.15, 0.2) is 66.8 Å². The molecule has 1 aliphatic carbocycles.